The van der Waals surface area contributed by atoms with Crippen LogP contribution >= 0.6 is 0 Å². The molecule has 1 aliphatic rings. The Kier molecular flexibility index (Phi) is 5.38. The number of carbonyl (C=O) groups is 1. The Labute approximate surface area is 148 Å². The van der Waals surface area contributed by atoms with Gasteiger partial charge >= 0.3 is 0 Å². The van der Waals surface area contributed by atoms with E-state index in [4.69, 9.17) is 0 Å². The molecule has 0 radical (unpaired) electrons. The standard InChI is InChI=1S/C19H23N5O/c1-3-19(25)24-9-5-7-15(12-24)10-16-11-18(21-13-20-16)23-17-8-4-6-14(2)22-17/h3-4,6,8,11,13,15H,1,5,7,9-10,12H2,2H3,(H,20,21,22,23)/t15-/m1/s1. The number of likely N-dealkylation sites (tertiary alicyclic amines) is 1. The number of piperidine rings is 1. The molecule has 25 heavy (non-hydrogen) atoms. The molecule has 1 N–H and O–H groups in total. The van der Waals surface area contributed by atoms with E-state index < -0.39 is 0 Å². The normalized spacial score (nSPS) is 17.2. The lowest BCUT2D eigenvalue weighted by molar-refractivity contribution is -0.127. The molecule has 0 bridgehead atoms. The predicted molar refractivity (Wildman–Crippen MR) is 97.5 cm³/mol. The first-order chi connectivity index (χ1) is 12.1. The van der Waals surface area contributed by atoms with Gasteiger partial charge in [0.05, 0.1) is 0 Å². The Morgan fingerprint density at radius 2 is 2.28 bits per heavy atom. The van der Waals surface area contributed by atoms with Gasteiger partial charge in [-0.05, 0) is 50.3 Å². The van der Waals surface area contributed by atoms with Gasteiger partial charge in [0, 0.05) is 30.5 Å². The van der Waals surface area contributed by atoms with Gasteiger partial charge in [-0.3, -0.25) is 4.79 Å². The first-order valence-electron chi connectivity index (χ1n) is 8.57. The monoisotopic (exact) mass is 337 g/mol. The zero-order valence-electron chi connectivity index (χ0n) is 14.5. The highest BCUT2D eigenvalue weighted by atomic mass is 16.2. The van der Waals surface area contributed by atoms with Crippen LogP contribution in [0.5, 0.6) is 0 Å². The fourth-order valence-corrected chi connectivity index (χ4v) is 3.18. The van der Waals surface area contributed by atoms with Gasteiger partial charge in [0.25, 0.3) is 0 Å². The van der Waals surface area contributed by atoms with Crippen LogP contribution in [0.2, 0.25) is 0 Å². The number of pyridine rings is 1. The summed E-state index contributed by atoms with van der Waals surface area (Å²) in [6.45, 7) is 7.11. The minimum absolute atomic E-state index is 0.0141. The fraction of sp³-hybridized carbons (Fsp3) is 0.368. The van der Waals surface area contributed by atoms with Crippen molar-refractivity contribution in [3.05, 3.63) is 54.6 Å². The molecule has 1 atom stereocenters. The number of hydrogen-bond acceptors (Lipinski definition) is 5. The number of carbonyl (C=O) groups excluding carboxylic acids is 1. The summed E-state index contributed by atoms with van der Waals surface area (Å²) >= 11 is 0. The maximum absolute atomic E-state index is 11.8. The number of aryl methyl sites for hydroxylation is 1. The molecular formula is C19H23N5O. The largest absolute Gasteiger partial charge is 0.339 e. The van der Waals surface area contributed by atoms with E-state index >= 15 is 0 Å². The third-order valence-electron chi connectivity index (χ3n) is 4.37. The van der Waals surface area contributed by atoms with E-state index in [1.807, 2.05) is 36.1 Å². The molecule has 6 nitrogen and oxygen atoms in total. The molecule has 0 saturated carbocycles. The van der Waals surface area contributed by atoms with Gasteiger partial charge in [0.15, 0.2) is 0 Å². The fourth-order valence-electron chi connectivity index (χ4n) is 3.18. The van der Waals surface area contributed by atoms with Gasteiger partial charge < -0.3 is 10.2 Å². The summed E-state index contributed by atoms with van der Waals surface area (Å²) in [7, 11) is 0. The number of amides is 1. The van der Waals surface area contributed by atoms with Crippen molar-refractivity contribution in [2.45, 2.75) is 26.2 Å². The van der Waals surface area contributed by atoms with Crippen LogP contribution in [0.4, 0.5) is 11.6 Å². The molecule has 0 aliphatic carbocycles. The van der Waals surface area contributed by atoms with Crippen LogP contribution in [0, 0.1) is 12.8 Å². The van der Waals surface area contributed by atoms with Crippen molar-refractivity contribution >= 4 is 17.5 Å². The van der Waals surface area contributed by atoms with E-state index in [1.54, 1.807) is 6.33 Å². The summed E-state index contributed by atoms with van der Waals surface area (Å²) in [6, 6.07) is 7.78. The molecule has 1 saturated heterocycles. The highest BCUT2D eigenvalue weighted by molar-refractivity contribution is 5.87. The topological polar surface area (TPSA) is 71.0 Å². The van der Waals surface area contributed by atoms with E-state index in [1.165, 1.54) is 6.08 Å². The summed E-state index contributed by atoms with van der Waals surface area (Å²) in [5, 5.41) is 3.22. The minimum Gasteiger partial charge on any atom is -0.339 e. The van der Waals surface area contributed by atoms with E-state index in [2.05, 4.69) is 26.8 Å². The average molecular weight is 337 g/mol. The lowest BCUT2D eigenvalue weighted by Crippen LogP contribution is -2.39. The Balaban J connectivity index is 1.65. The van der Waals surface area contributed by atoms with Crippen molar-refractivity contribution in [2.24, 2.45) is 5.92 Å². The SMILES string of the molecule is C=CC(=O)N1CCC[C@H](Cc2cc(Nc3cccc(C)n3)ncn2)C1. The Bertz CT molecular complexity index is 761. The Hall–Kier alpha value is -2.76. The number of hydrogen-bond donors (Lipinski definition) is 1. The first kappa shape index (κ1) is 17.1. The van der Waals surface area contributed by atoms with E-state index in [0.29, 0.717) is 5.92 Å². The molecular weight excluding hydrogens is 314 g/mol. The smallest absolute Gasteiger partial charge is 0.245 e. The van der Waals surface area contributed by atoms with Crippen LogP contribution in [0.25, 0.3) is 0 Å². The maximum Gasteiger partial charge on any atom is 0.245 e. The third kappa shape index (κ3) is 4.62. The second-order valence-electron chi connectivity index (χ2n) is 6.38. The van der Waals surface area contributed by atoms with Gasteiger partial charge in [-0.2, -0.15) is 0 Å². The molecule has 2 aromatic rings. The lowest BCUT2D eigenvalue weighted by Gasteiger charge is -2.32. The summed E-state index contributed by atoms with van der Waals surface area (Å²) in [4.78, 5) is 26.8. The van der Waals surface area contributed by atoms with Crippen molar-refractivity contribution in [1.82, 2.24) is 19.9 Å². The van der Waals surface area contributed by atoms with Crippen LogP contribution in [-0.2, 0) is 11.2 Å². The molecule has 1 amide bonds. The van der Waals surface area contributed by atoms with E-state index in [0.717, 1.165) is 55.4 Å². The zero-order chi connectivity index (χ0) is 17.6. The summed E-state index contributed by atoms with van der Waals surface area (Å²) < 4.78 is 0. The number of nitrogens with one attached hydrogen (secondary N) is 1. The van der Waals surface area contributed by atoms with Gasteiger partial charge in [-0.15, -0.1) is 0 Å². The predicted octanol–water partition coefficient (Wildman–Crippen LogP) is 2.89. The first-order valence-corrected chi connectivity index (χ1v) is 8.57. The van der Waals surface area contributed by atoms with Crippen LogP contribution in [-0.4, -0.2) is 38.8 Å². The van der Waals surface area contributed by atoms with Crippen molar-refractivity contribution in [3.8, 4) is 0 Å². The quantitative estimate of drug-likeness (QED) is 0.850. The van der Waals surface area contributed by atoms with Crippen LogP contribution in [0.3, 0.4) is 0 Å². The summed E-state index contributed by atoms with van der Waals surface area (Å²) in [6.07, 6.45) is 5.92. The second-order valence-corrected chi connectivity index (χ2v) is 6.38. The maximum atomic E-state index is 11.8. The lowest BCUT2D eigenvalue weighted by atomic mass is 9.93. The highest BCUT2D eigenvalue weighted by Crippen LogP contribution is 2.21. The third-order valence-corrected chi connectivity index (χ3v) is 4.37. The number of anilines is 2. The Morgan fingerprint density at radius 3 is 3.08 bits per heavy atom. The van der Waals surface area contributed by atoms with E-state index in [9.17, 15) is 4.79 Å². The van der Waals surface area contributed by atoms with Gasteiger partial charge in [0.2, 0.25) is 5.91 Å². The number of aromatic nitrogens is 3. The Morgan fingerprint density at radius 1 is 1.40 bits per heavy atom. The molecule has 3 heterocycles. The summed E-state index contributed by atoms with van der Waals surface area (Å²) in [5.41, 5.74) is 1.93. The molecule has 2 aromatic heterocycles. The molecule has 0 spiro atoms. The van der Waals surface area contributed by atoms with Gasteiger partial charge in [0.1, 0.15) is 18.0 Å². The molecule has 130 valence electrons. The van der Waals surface area contributed by atoms with Crippen LogP contribution < -0.4 is 5.32 Å². The number of rotatable bonds is 5. The van der Waals surface area contributed by atoms with Crippen LogP contribution in [0.15, 0.2) is 43.2 Å². The highest BCUT2D eigenvalue weighted by Gasteiger charge is 2.22. The second kappa shape index (κ2) is 7.88. The van der Waals surface area contributed by atoms with Crippen molar-refractivity contribution < 1.29 is 4.79 Å². The molecule has 6 heteroatoms. The van der Waals surface area contributed by atoms with Crippen molar-refractivity contribution in [2.75, 3.05) is 18.4 Å². The van der Waals surface area contributed by atoms with Gasteiger partial charge in [-0.25, -0.2) is 15.0 Å². The molecule has 0 aromatic carbocycles. The average Bonchev–Trinajstić information content (AvgIpc) is 2.61. The van der Waals surface area contributed by atoms with Crippen molar-refractivity contribution in [1.29, 1.82) is 0 Å². The summed E-state index contributed by atoms with van der Waals surface area (Å²) in [5.74, 6) is 1.93. The molecule has 3 rings (SSSR count). The zero-order valence-corrected chi connectivity index (χ0v) is 14.5. The molecule has 1 fully saturated rings. The van der Waals surface area contributed by atoms with Crippen molar-refractivity contribution in [3.63, 3.8) is 0 Å². The number of nitrogens with zero attached hydrogens (tertiary/aromatic N) is 4. The molecule has 0 unspecified atom stereocenters. The molecule has 1 aliphatic heterocycles. The minimum atomic E-state index is 0.0141. The van der Waals surface area contributed by atoms with Gasteiger partial charge in [-0.1, -0.05) is 12.6 Å². The van der Waals surface area contributed by atoms with E-state index in [-0.39, 0.29) is 5.91 Å². The van der Waals surface area contributed by atoms with Crippen LogP contribution in [0.1, 0.15) is 24.2 Å².